The maximum atomic E-state index is 14.8. The number of nitrogens with zero attached hydrogens (tertiary/aromatic N) is 2. The number of benzene rings is 2. The summed E-state index contributed by atoms with van der Waals surface area (Å²) in [6, 6.07) is 7.47. The van der Waals surface area contributed by atoms with E-state index in [2.05, 4.69) is 0 Å². The van der Waals surface area contributed by atoms with Crippen LogP contribution in [0.25, 0.3) is 0 Å². The highest BCUT2D eigenvalue weighted by Crippen LogP contribution is 2.38. The number of alkyl halides is 3. The molecule has 4 rings (SSSR count). The molecule has 0 amide bonds. The fourth-order valence-corrected chi connectivity index (χ4v) is 4.54. The van der Waals surface area contributed by atoms with Gasteiger partial charge in [0.25, 0.3) is 0 Å². The smallest absolute Gasteiger partial charge is 0.417 e. The van der Waals surface area contributed by atoms with Crippen LogP contribution in [0.1, 0.15) is 48.3 Å². The van der Waals surface area contributed by atoms with E-state index in [9.17, 15) is 22.0 Å². The zero-order valence-electron chi connectivity index (χ0n) is 18.9. The average molecular weight is 496 g/mol. The lowest BCUT2D eigenvalue weighted by molar-refractivity contribution is -0.137. The van der Waals surface area contributed by atoms with Crippen LogP contribution in [0, 0.1) is 23.0 Å². The third-order valence-corrected chi connectivity index (χ3v) is 6.29. The van der Waals surface area contributed by atoms with Crippen LogP contribution in [0.3, 0.4) is 0 Å². The molecule has 2 aromatic rings. The summed E-state index contributed by atoms with van der Waals surface area (Å²) in [7, 11) is 0. The van der Waals surface area contributed by atoms with E-state index in [0.717, 1.165) is 12.1 Å². The zero-order valence-corrected chi connectivity index (χ0v) is 18.9. The minimum atomic E-state index is -4.65. The Bertz CT molecular complexity index is 1050. The van der Waals surface area contributed by atoms with Gasteiger partial charge in [-0.25, -0.2) is 8.78 Å². The molecule has 0 spiro atoms. The van der Waals surface area contributed by atoms with Gasteiger partial charge in [0, 0.05) is 42.9 Å². The van der Waals surface area contributed by atoms with E-state index in [1.54, 1.807) is 11.0 Å². The summed E-state index contributed by atoms with van der Waals surface area (Å²) in [5.74, 6) is -1.69. The van der Waals surface area contributed by atoms with Gasteiger partial charge in [-0.15, -0.1) is 0 Å². The summed E-state index contributed by atoms with van der Waals surface area (Å²) in [6.45, 7) is 2.05. The molecule has 2 heterocycles. The minimum Gasteiger partial charge on any atom is -0.493 e. The van der Waals surface area contributed by atoms with Crippen LogP contribution in [0.5, 0.6) is 5.75 Å². The summed E-state index contributed by atoms with van der Waals surface area (Å²) in [5.41, 5.74) is -1.13. The summed E-state index contributed by atoms with van der Waals surface area (Å²) < 4.78 is 85.6. The van der Waals surface area contributed by atoms with E-state index in [1.165, 1.54) is 18.2 Å². The van der Waals surface area contributed by atoms with Crippen LogP contribution in [0.4, 0.5) is 27.6 Å². The van der Waals surface area contributed by atoms with Gasteiger partial charge >= 0.3 is 6.18 Å². The molecule has 0 unspecified atom stereocenters. The fourth-order valence-electron chi connectivity index (χ4n) is 4.54. The normalized spacial score (nSPS) is 17.5. The van der Waals surface area contributed by atoms with Gasteiger partial charge in [-0.1, -0.05) is 0 Å². The van der Waals surface area contributed by atoms with Crippen molar-refractivity contribution in [1.29, 1.82) is 5.26 Å². The quantitative estimate of drug-likeness (QED) is 0.360. The van der Waals surface area contributed by atoms with Crippen LogP contribution in [0.15, 0.2) is 30.3 Å². The minimum absolute atomic E-state index is 0.0273. The first-order valence-corrected chi connectivity index (χ1v) is 11.5. The highest BCUT2D eigenvalue weighted by Gasteiger charge is 2.35. The van der Waals surface area contributed by atoms with Crippen molar-refractivity contribution < 1.29 is 36.2 Å². The second kappa shape index (κ2) is 10.8. The highest BCUT2D eigenvalue weighted by molar-refractivity contribution is 5.55. The summed E-state index contributed by atoms with van der Waals surface area (Å²) in [6.07, 6.45) is -2.92. The van der Waals surface area contributed by atoms with Crippen molar-refractivity contribution in [3.8, 4) is 11.8 Å². The molecule has 188 valence electrons. The average Bonchev–Trinajstić information content (AvgIpc) is 3.34. The molecule has 0 N–H and O–H groups in total. The number of rotatable bonds is 7. The van der Waals surface area contributed by atoms with Gasteiger partial charge in [0.15, 0.2) is 6.29 Å². The molecule has 35 heavy (non-hydrogen) atoms. The van der Waals surface area contributed by atoms with Gasteiger partial charge in [-0.2, -0.15) is 18.4 Å². The van der Waals surface area contributed by atoms with Crippen LogP contribution in [-0.2, 0) is 15.7 Å². The van der Waals surface area contributed by atoms with Crippen LogP contribution >= 0.6 is 0 Å². The van der Waals surface area contributed by atoms with Crippen LogP contribution in [0.2, 0.25) is 0 Å². The van der Waals surface area contributed by atoms with Gasteiger partial charge in [0.1, 0.15) is 17.4 Å². The standard InChI is InChI=1S/C25H25F5N2O3/c26-21-13-19(33-9-1-2-23-34-10-11-35-23)14-22(27)24(21)16-5-7-32(8-6-16)18-4-3-17(15-31)20(12-18)25(28,29)30/h3-4,12-14,16,23H,1-2,5-11H2. The Labute approximate surface area is 200 Å². The number of halogens is 5. The van der Waals surface area contributed by atoms with Crippen molar-refractivity contribution in [1.82, 2.24) is 0 Å². The predicted molar refractivity (Wildman–Crippen MR) is 117 cm³/mol. The predicted octanol–water partition coefficient (Wildman–Crippen LogP) is 5.77. The number of ether oxygens (including phenoxy) is 3. The Morgan fingerprint density at radius 3 is 2.29 bits per heavy atom. The van der Waals surface area contributed by atoms with Gasteiger partial charge in [0.05, 0.1) is 37.0 Å². The fraction of sp³-hybridized carbons (Fsp3) is 0.480. The summed E-state index contributed by atoms with van der Waals surface area (Å²) >= 11 is 0. The second-order valence-corrected chi connectivity index (χ2v) is 8.56. The van der Waals surface area contributed by atoms with E-state index >= 15 is 0 Å². The molecule has 2 fully saturated rings. The van der Waals surface area contributed by atoms with Gasteiger partial charge < -0.3 is 19.1 Å². The Morgan fingerprint density at radius 1 is 1.03 bits per heavy atom. The molecule has 0 bridgehead atoms. The topological polar surface area (TPSA) is 54.7 Å². The maximum absolute atomic E-state index is 14.8. The number of anilines is 1. The lowest BCUT2D eigenvalue weighted by Gasteiger charge is -2.34. The Balaban J connectivity index is 1.36. The van der Waals surface area contributed by atoms with Crippen LogP contribution < -0.4 is 9.64 Å². The lowest BCUT2D eigenvalue weighted by atomic mass is 9.88. The zero-order chi connectivity index (χ0) is 25.0. The van der Waals surface area contributed by atoms with Crippen molar-refractivity contribution in [3.63, 3.8) is 0 Å². The molecular formula is C25H25F5N2O3. The molecule has 10 heteroatoms. The number of piperidine rings is 1. The molecule has 0 aliphatic carbocycles. The first-order valence-electron chi connectivity index (χ1n) is 11.5. The largest absolute Gasteiger partial charge is 0.493 e. The third-order valence-electron chi connectivity index (χ3n) is 6.29. The molecule has 2 saturated heterocycles. The van der Waals surface area contributed by atoms with Gasteiger partial charge in [-0.3, -0.25) is 0 Å². The first-order chi connectivity index (χ1) is 16.8. The summed E-state index contributed by atoms with van der Waals surface area (Å²) in [5, 5.41) is 8.97. The molecule has 0 aromatic heterocycles. The first kappa shape index (κ1) is 25.2. The summed E-state index contributed by atoms with van der Waals surface area (Å²) in [4.78, 5) is 1.73. The van der Waals surface area contributed by atoms with E-state index < -0.39 is 34.9 Å². The second-order valence-electron chi connectivity index (χ2n) is 8.56. The van der Waals surface area contributed by atoms with Gasteiger partial charge in [0.2, 0.25) is 0 Å². The Kier molecular flexibility index (Phi) is 7.77. The van der Waals surface area contributed by atoms with Crippen molar-refractivity contribution in [3.05, 3.63) is 58.7 Å². The van der Waals surface area contributed by atoms with E-state index in [-0.39, 0.29) is 24.2 Å². The molecule has 2 aliphatic heterocycles. The Morgan fingerprint density at radius 2 is 1.69 bits per heavy atom. The Hall–Kier alpha value is -2.90. The van der Waals surface area contributed by atoms with E-state index in [0.29, 0.717) is 57.7 Å². The van der Waals surface area contributed by atoms with Crippen molar-refractivity contribution >= 4 is 5.69 Å². The SMILES string of the molecule is N#Cc1ccc(N2CCC(c3c(F)cc(OCCCC4OCCO4)cc3F)CC2)cc1C(F)(F)F. The van der Waals surface area contributed by atoms with Gasteiger partial charge in [-0.05, 0) is 43.4 Å². The lowest BCUT2D eigenvalue weighted by Crippen LogP contribution is -2.33. The molecule has 0 radical (unpaired) electrons. The molecule has 0 saturated carbocycles. The monoisotopic (exact) mass is 496 g/mol. The molecule has 5 nitrogen and oxygen atoms in total. The molecule has 0 atom stereocenters. The third kappa shape index (κ3) is 6.03. The van der Waals surface area contributed by atoms with Crippen molar-refractivity contribution in [2.75, 3.05) is 37.8 Å². The molecule has 2 aromatic carbocycles. The number of hydrogen-bond donors (Lipinski definition) is 0. The maximum Gasteiger partial charge on any atom is 0.417 e. The van der Waals surface area contributed by atoms with Crippen LogP contribution in [-0.4, -0.2) is 39.2 Å². The highest BCUT2D eigenvalue weighted by atomic mass is 19.4. The molecule has 2 aliphatic rings. The van der Waals surface area contributed by atoms with E-state index in [1.807, 2.05) is 0 Å². The number of nitriles is 1. The number of hydrogen-bond acceptors (Lipinski definition) is 5. The van der Waals surface area contributed by atoms with Crippen molar-refractivity contribution in [2.45, 2.75) is 44.1 Å². The molecular weight excluding hydrogens is 471 g/mol. The van der Waals surface area contributed by atoms with E-state index in [4.69, 9.17) is 19.5 Å². The van der Waals surface area contributed by atoms with Crippen molar-refractivity contribution in [2.24, 2.45) is 0 Å².